The highest BCUT2D eigenvalue weighted by atomic mass is 19.4. The second kappa shape index (κ2) is 10.4. The van der Waals surface area contributed by atoms with Gasteiger partial charge in [-0.3, -0.25) is 4.99 Å². The van der Waals surface area contributed by atoms with Crippen molar-refractivity contribution < 1.29 is 13.2 Å². The number of nitrogens with two attached hydrogens (primary N) is 1. The Labute approximate surface area is 174 Å². The molecule has 0 spiro atoms. The summed E-state index contributed by atoms with van der Waals surface area (Å²) in [4.78, 5) is 4.10. The summed E-state index contributed by atoms with van der Waals surface area (Å²) in [7, 11) is 1.53. The van der Waals surface area contributed by atoms with Crippen molar-refractivity contribution in [2.45, 2.75) is 19.5 Å². The van der Waals surface area contributed by atoms with Gasteiger partial charge in [-0.15, -0.1) is 0 Å². The number of alkyl halides is 3. The molecule has 0 amide bonds. The fourth-order valence-corrected chi connectivity index (χ4v) is 2.71. The number of benzene rings is 2. The molecule has 0 aliphatic rings. The molecule has 2 aromatic carbocycles. The van der Waals surface area contributed by atoms with E-state index in [-0.39, 0.29) is 17.2 Å². The molecule has 0 heterocycles. The molecule has 2 rings (SSSR count). The molecular weight excluding hydrogens is 391 g/mol. The van der Waals surface area contributed by atoms with E-state index >= 15 is 0 Å². The molecule has 8 heteroatoms. The van der Waals surface area contributed by atoms with E-state index in [1.807, 2.05) is 24.3 Å². The average molecular weight is 417 g/mol. The predicted molar refractivity (Wildman–Crippen MR) is 118 cm³/mol. The number of halogens is 3. The quantitative estimate of drug-likeness (QED) is 0.359. The summed E-state index contributed by atoms with van der Waals surface area (Å²) in [6.45, 7) is 6.92. The zero-order valence-electron chi connectivity index (χ0n) is 17.0. The molecule has 0 bridgehead atoms. The molecule has 2 aromatic rings. The van der Waals surface area contributed by atoms with Gasteiger partial charge in [0.25, 0.3) is 0 Å². The Kier molecular flexibility index (Phi) is 7.91. The average Bonchev–Trinajstić information content (AvgIpc) is 2.73. The van der Waals surface area contributed by atoms with Gasteiger partial charge < -0.3 is 21.7 Å². The van der Waals surface area contributed by atoms with Gasteiger partial charge in [-0.1, -0.05) is 43.8 Å². The van der Waals surface area contributed by atoms with Crippen molar-refractivity contribution in [2.24, 2.45) is 10.7 Å². The Morgan fingerprint density at radius 3 is 2.37 bits per heavy atom. The zero-order chi connectivity index (χ0) is 22.1. The topological polar surface area (TPSA) is 74.5 Å². The number of hydrogen-bond donors (Lipinski definition) is 4. The van der Waals surface area contributed by atoms with Gasteiger partial charge in [0, 0.05) is 36.7 Å². The molecule has 0 aliphatic heterocycles. The Morgan fingerprint density at radius 1 is 1.10 bits per heavy atom. The first kappa shape index (κ1) is 22.9. The summed E-state index contributed by atoms with van der Waals surface area (Å²) >= 11 is 0. The molecule has 0 radical (unpaired) electrons. The Bertz CT molecular complexity index is 932. The van der Waals surface area contributed by atoms with Gasteiger partial charge in [0.15, 0.2) is 0 Å². The fraction of sp³-hybridized carbons (Fsp3) is 0.227. The SMILES string of the molecule is C=C(NC(=NC)/C(N)=C\Nc1ccccc1C(F)(F)F)c1ccccc1NCCC. The first-order valence-electron chi connectivity index (χ1n) is 9.42. The van der Waals surface area contributed by atoms with Crippen LogP contribution in [0.3, 0.4) is 0 Å². The molecule has 0 saturated carbocycles. The van der Waals surface area contributed by atoms with Crippen molar-refractivity contribution in [3.05, 3.63) is 78.1 Å². The normalized spacial score (nSPS) is 12.4. The van der Waals surface area contributed by atoms with Gasteiger partial charge in [0.1, 0.15) is 5.84 Å². The van der Waals surface area contributed by atoms with Crippen LogP contribution in [-0.2, 0) is 6.18 Å². The second-order valence-electron chi connectivity index (χ2n) is 6.44. The molecule has 5 nitrogen and oxygen atoms in total. The van der Waals surface area contributed by atoms with Crippen molar-refractivity contribution in [1.82, 2.24) is 5.32 Å². The number of rotatable bonds is 8. The van der Waals surface area contributed by atoms with Crippen LogP contribution in [0.15, 0.2) is 72.0 Å². The van der Waals surface area contributed by atoms with Crippen molar-refractivity contribution in [3.8, 4) is 0 Å². The van der Waals surface area contributed by atoms with Gasteiger partial charge in [-0.05, 0) is 24.6 Å². The van der Waals surface area contributed by atoms with Gasteiger partial charge in [0.2, 0.25) is 0 Å². The molecule has 30 heavy (non-hydrogen) atoms. The highest BCUT2D eigenvalue weighted by Gasteiger charge is 2.32. The van der Waals surface area contributed by atoms with Crippen LogP contribution >= 0.6 is 0 Å². The van der Waals surface area contributed by atoms with Crippen LogP contribution in [0.5, 0.6) is 0 Å². The third-order valence-corrected chi connectivity index (χ3v) is 4.20. The molecule has 0 fully saturated rings. The third-order valence-electron chi connectivity index (χ3n) is 4.20. The van der Waals surface area contributed by atoms with Crippen molar-refractivity contribution in [1.29, 1.82) is 0 Å². The zero-order valence-corrected chi connectivity index (χ0v) is 17.0. The first-order chi connectivity index (χ1) is 14.3. The number of hydrogen-bond acceptors (Lipinski definition) is 4. The van der Waals surface area contributed by atoms with Gasteiger partial charge in [-0.2, -0.15) is 13.2 Å². The van der Waals surface area contributed by atoms with Crippen molar-refractivity contribution in [3.63, 3.8) is 0 Å². The molecule has 0 aliphatic carbocycles. The smallest absolute Gasteiger partial charge is 0.395 e. The van der Waals surface area contributed by atoms with E-state index in [0.717, 1.165) is 30.3 Å². The summed E-state index contributed by atoms with van der Waals surface area (Å²) in [6, 6.07) is 12.8. The predicted octanol–water partition coefficient (Wildman–Crippen LogP) is 5.03. The van der Waals surface area contributed by atoms with E-state index in [2.05, 4.69) is 34.4 Å². The lowest BCUT2D eigenvalue weighted by atomic mass is 10.1. The standard InChI is InChI=1S/C22H26F3N5/c1-4-13-28-19-11-7-5-9-16(19)15(2)30-21(27-3)18(26)14-29-20-12-8-6-10-17(20)22(23,24)25/h5-12,14,28-29H,2,4,13,26H2,1,3H3,(H,27,30)/b18-14+. The van der Waals surface area contributed by atoms with Gasteiger partial charge >= 0.3 is 6.18 Å². The number of amidine groups is 1. The number of anilines is 2. The van der Waals surface area contributed by atoms with Gasteiger partial charge in [0.05, 0.1) is 16.9 Å². The van der Waals surface area contributed by atoms with Crippen LogP contribution in [0.25, 0.3) is 5.70 Å². The minimum absolute atomic E-state index is 0.101. The third kappa shape index (κ3) is 6.04. The van der Waals surface area contributed by atoms with E-state index in [4.69, 9.17) is 5.73 Å². The maximum Gasteiger partial charge on any atom is 0.418 e. The van der Waals surface area contributed by atoms with E-state index in [0.29, 0.717) is 5.70 Å². The van der Waals surface area contributed by atoms with Crippen LogP contribution in [0.2, 0.25) is 0 Å². The Hall–Kier alpha value is -3.42. The van der Waals surface area contributed by atoms with Crippen LogP contribution in [0, 0.1) is 0 Å². The first-order valence-corrected chi connectivity index (χ1v) is 9.42. The summed E-state index contributed by atoms with van der Waals surface area (Å²) in [5.41, 5.74) is 7.61. The number of para-hydroxylation sites is 2. The van der Waals surface area contributed by atoms with Crippen molar-refractivity contribution >= 4 is 22.9 Å². The molecule has 5 N–H and O–H groups in total. The number of nitrogens with zero attached hydrogens (tertiary/aromatic N) is 1. The molecule has 0 saturated heterocycles. The summed E-state index contributed by atoms with van der Waals surface area (Å²) in [5, 5.41) is 8.98. The Balaban J connectivity index is 2.17. The lowest BCUT2D eigenvalue weighted by Crippen LogP contribution is -2.28. The maximum atomic E-state index is 13.1. The van der Waals surface area contributed by atoms with Crippen LogP contribution in [0.1, 0.15) is 24.5 Å². The lowest BCUT2D eigenvalue weighted by Gasteiger charge is -2.17. The monoisotopic (exact) mass is 417 g/mol. The summed E-state index contributed by atoms with van der Waals surface area (Å²) in [6.07, 6.45) is -2.24. The summed E-state index contributed by atoms with van der Waals surface area (Å²) in [5.74, 6) is 0.280. The molecule has 0 aromatic heterocycles. The number of aliphatic imine (C=N–C) groups is 1. The van der Waals surface area contributed by atoms with Crippen LogP contribution in [0.4, 0.5) is 24.5 Å². The van der Waals surface area contributed by atoms with Crippen LogP contribution < -0.4 is 21.7 Å². The van der Waals surface area contributed by atoms with E-state index in [1.165, 1.54) is 31.4 Å². The van der Waals surface area contributed by atoms with E-state index in [9.17, 15) is 13.2 Å². The van der Waals surface area contributed by atoms with Gasteiger partial charge in [-0.25, -0.2) is 0 Å². The molecule has 0 unspecified atom stereocenters. The minimum Gasteiger partial charge on any atom is -0.395 e. The highest BCUT2D eigenvalue weighted by molar-refractivity contribution is 6.03. The van der Waals surface area contributed by atoms with E-state index < -0.39 is 11.7 Å². The Morgan fingerprint density at radius 2 is 1.73 bits per heavy atom. The highest BCUT2D eigenvalue weighted by Crippen LogP contribution is 2.34. The molecule has 0 atom stereocenters. The molecule has 160 valence electrons. The maximum absolute atomic E-state index is 13.1. The minimum atomic E-state index is -4.48. The van der Waals surface area contributed by atoms with Crippen molar-refractivity contribution in [2.75, 3.05) is 24.2 Å². The fourth-order valence-electron chi connectivity index (χ4n) is 2.71. The second-order valence-corrected chi connectivity index (χ2v) is 6.44. The largest absolute Gasteiger partial charge is 0.418 e. The molecular formula is C22H26F3N5. The lowest BCUT2D eigenvalue weighted by molar-refractivity contribution is -0.136. The summed E-state index contributed by atoms with van der Waals surface area (Å²) < 4.78 is 39.4. The number of nitrogens with one attached hydrogen (secondary N) is 3. The van der Waals surface area contributed by atoms with E-state index in [1.54, 1.807) is 0 Å². The van der Waals surface area contributed by atoms with Crippen LogP contribution in [-0.4, -0.2) is 19.4 Å².